The molecule has 2 unspecified atom stereocenters. The molecule has 1 aromatic carbocycles. The van der Waals surface area contributed by atoms with E-state index in [0.717, 1.165) is 27.5 Å². The van der Waals surface area contributed by atoms with Gasteiger partial charge in [0.1, 0.15) is 12.0 Å². The van der Waals surface area contributed by atoms with Gasteiger partial charge in [0.2, 0.25) is 5.91 Å². The number of amides is 1. The summed E-state index contributed by atoms with van der Waals surface area (Å²) in [6.07, 6.45) is 4.07. The van der Waals surface area contributed by atoms with E-state index in [9.17, 15) is 14.3 Å². The van der Waals surface area contributed by atoms with Gasteiger partial charge in [0.15, 0.2) is 0 Å². The number of aliphatic hydroxyl groups excluding tert-OH is 1. The number of nitrogens with one attached hydrogen (secondary N) is 1. The highest BCUT2D eigenvalue weighted by Crippen LogP contribution is 2.35. The summed E-state index contributed by atoms with van der Waals surface area (Å²) in [5.41, 5.74) is 2.31. The summed E-state index contributed by atoms with van der Waals surface area (Å²) in [6, 6.07) is 7.13. The number of rotatable bonds is 4. The quantitative estimate of drug-likeness (QED) is 0.732. The summed E-state index contributed by atoms with van der Waals surface area (Å²) in [6.45, 7) is -0.114. The summed E-state index contributed by atoms with van der Waals surface area (Å²) >= 11 is 6.39. The first-order valence-corrected chi connectivity index (χ1v) is 8.53. The lowest BCUT2D eigenvalue weighted by atomic mass is 10.00. The SMILES string of the molecule is O=C(Nc1cc2cc(-c3cnccc3CO)cc(Cl)c2cn1)C1CC1F. The molecule has 2 heterocycles. The third-order valence-electron chi connectivity index (χ3n) is 4.48. The second-order valence-electron chi connectivity index (χ2n) is 6.29. The lowest BCUT2D eigenvalue weighted by Gasteiger charge is -2.11. The molecule has 7 heteroatoms. The monoisotopic (exact) mass is 371 g/mol. The third-order valence-corrected chi connectivity index (χ3v) is 4.79. The molecule has 0 radical (unpaired) electrons. The van der Waals surface area contributed by atoms with E-state index >= 15 is 0 Å². The van der Waals surface area contributed by atoms with Gasteiger partial charge in [-0.2, -0.15) is 0 Å². The van der Waals surface area contributed by atoms with Crippen molar-refractivity contribution in [2.75, 3.05) is 5.32 Å². The van der Waals surface area contributed by atoms with Crippen LogP contribution in [0.1, 0.15) is 12.0 Å². The largest absolute Gasteiger partial charge is 0.392 e. The number of carbonyl (C=O) groups excluding carboxylic acids is 1. The summed E-state index contributed by atoms with van der Waals surface area (Å²) in [5, 5.41) is 14.2. The number of aromatic nitrogens is 2. The number of pyridine rings is 2. The van der Waals surface area contributed by atoms with Crippen LogP contribution in [-0.2, 0) is 11.4 Å². The molecule has 0 bridgehead atoms. The van der Waals surface area contributed by atoms with Crippen LogP contribution < -0.4 is 5.32 Å². The second-order valence-corrected chi connectivity index (χ2v) is 6.69. The number of aliphatic hydroxyl groups is 1. The number of halogens is 2. The fourth-order valence-electron chi connectivity index (χ4n) is 2.91. The predicted molar refractivity (Wildman–Crippen MR) is 97.5 cm³/mol. The maximum absolute atomic E-state index is 13.0. The maximum Gasteiger partial charge on any atom is 0.231 e. The number of fused-ring (bicyclic) bond motifs is 1. The minimum absolute atomic E-state index is 0.114. The van der Waals surface area contributed by atoms with E-state index in [-0.39, 0.29) is 18.9 Å². The summed E-state index contributed by atoms with van der Waals surface area (Å²) < 4.78 is 13.0. The topological polar surface area (TPSA) is 75.1 Å². The van der Waals surface area contributed by atoms with Crippen molar-refractivity contribution in [3.05, 3.63) is 53.4 Å². The van der Waals surface area contributed by atoms with E-state index in [1.165, 1.54) is 0 Å². The molecule has 1 aliphatic rings. The molecule has 5 nitrogen and oxygen atoms in total. The second kappa shape index (κ2) is 6.63. The van der Waals surface area contributed by atoms with Crippen molar-refractivity contribution in [3.63, 3.8) is 0 Å². The average Bonchev–Trinajstić information content (AvgIpc) is 3.38. The van der Waals surface area contributed by atoms with Crippen LogP contribution in [-0.4, -0.2) is 27.2 Å². The van der Waals surface area contributed by atoms with Crippen molar-refractivity contribution in [2.24, 2.45) is 5.92 Å². The van der Waals surface area contributed by atoms with Gasteiger partial charge in [0.05, 0.1) is 17.5 Å². The Labute approximate surface area is 153 Å². The van der Waals surface area contributed by atoms with Gasteiger partial charge in [-0.25, -0.2) is 9.37 Å². The predicted octanol–water partition coefficient (Wildman–Crippen LogP) is 3.74. The molecule has 2 atom stereocenters. The van der Waals surface area contributed by atoms with Gasteiger partial charge in [-0.15, -0.1) is 0 Å². The molecule has 132 valence electrons. The number of hydrogen-bond acceptors (Lipinski definition) is 4. The molecule has 0 saturated heterocycles. The Balaban J connectivity index is 1.73. The van der Waals surface area contributed by atoms with Crippen molar-refractivity contribution in [1.29, 1.82) is 0 Å². The van der Waals surface area contributed by atoms with E-state index in [2.05, 4.69) is 15.3 Å². The number of anilines is 1. The Morgan fingerprint density at radius 1 is 1.35 bits per heavy atom. The molecule has 1 aliphatic carbocycles. The van der Waals surface area contributed by atoms with E-state index < -0.39 is 12.1 Å². The van der Waals surface area contributed by atoms with Crippen LogP contribution in [0.15, 0.2) is 42.9 Å². The molecular weight excluding hydrogens is 357 g/mol. The van der Waals surface area contributed by atoms with E-state index in [1.54, 1.807) is 36.8 Å². The number of nitrogens with zero attached hydrogens (tertiary/aromatic N) is 2. The minimum atomic E-state index is -1.06. The van der Waals surface area contributed by atoms with Gasteiger partial charge < -0.3 is 10.4 Å². The lowest BCUT2D eigenvalue weighted by molar-refractivity contribution is -0.117. The zero-order valence-electron chi connectivity index (χ0n) is 13.6. The Morgan fingerprint density at radius 2 is 2.15 bits per heavy atom. The lowest BCUT2D eigenvalue weighted by Crippen LogP contribution is -2.15. The molecule has 4 rings (SSSR count). The van der Waals surface area contributed by atoms with Gasteiger partial charge in [-0.05, 0) is 47.2 Å². The summed E-state index contributed by atoms with van der Waals surface area (Å²) in [7, 11) is 0. The maximum atomic E-state index is 13.0. The first-order chi connectivity index (χ1) is 12.6. The van der Waals surface area contributed by atoms with Gasteiger partial charge in [0.25, 0.3) is 0 Å². The smallest absolute Gasteiger partial charge is 0.231 e. The average molecular weight is 372 g/mol. The van der Waals surface area contributed by atoms with Crippen LogP contribution in [0.3, 0.4) is 0 Å². The van der Waals surface area contributed by atoms with Crippen molar-refractivity contribution >= 4 is 34.1 Å². The molecule has 1 amide bonds. The van der Waals surface area contributed by atoms with E-state index in [1.807, 2.05) is 6.07 Å². The molecule has 0 spiro atoms. The van der Waals surface area contributed by atoms with E-state index in [4.69, 9.17) is 11.6 Å². The van der Waals surface area contributed by atoms with E-state index in [0.29, 0.717) is 10.8 Å². The fourth-order valence-corrected chi connectivity index (χ4v) is 3.19. The highest BCUT2D eigenvalue weighted by Gasteiger charge is 2.43. The number of carbonyl (C=O) groups is 1. The molecule has 3 aromatic rings. The first kappa shape index (κ1) is 16.9. The molecule has 0 aliphatic heterocycles. The normalized spacial score (nSPS) is 18.7. The van der Waals surface area contributed by atoms with Crippen LogP contribution in [0, 0.1) is 5.92 Å². The molecule has 1 fully saturated rings. The summed E-state index contributed by atoms with van der Waals surface area (Å²) in [4.78, 5) is 20.2. The van der Waals surface area contributed by atoms with Crippen LogP contribution in [0.2, 0.25) is 5.02 Å². The standard InChI is InChI=1S/C19H15ClFN3O2/c20-16-4-11(14-7-22-2-1-10(14)9-25)3-12-5-18(23-8-15(12)16)24-19(26)13-6-17(13)21/h1-5,7-8,13,17,25H,6,9H2,(H,23,24,26). The van der Waals surface area contributed by atoms with Crippen LogP contribution in [0.4, 0.5) is 10.2 Å². The Morgan fingerprint density at radius 3 is 2.88 bits per heavy atom. The molecule has 1 saturated carbocycles. The Bertz CT molecular complexity index is 1010. The van der Waals surface area contributed by atoms with Gasteiger partial charge in [0, 0.05) is 29.5 Å². The fraction of sp³-hybridized carbons (Fsp3) is 0.211. The van der Waals surface area contributed by atoms with Gasteiger partial charge in [-0.1, -0.05) is 11.6 Å². The zero-order valence-corrected chi connectivity index (χ0v) is 14.4. The van der Waals surface area contributed by atoms with Crippen molar-refractivity contribution in [1.82, 2.24) is 9.97 Å². The van der Waals surface area contributed by atoms with Crippen molar-refractivity contribution < 1.29 is 14.3 Å². The van der Waals surface area contributed by atoms with Crippen molar-refractivity contribution in [2.45, 2.75) is 19.2 Å². The van der Waals surface area contributed by atoms with Gasteiger partial charge >= 0.3 is 0 Å². The highest BCUT2D eigenvalue weighted by molar-refractivity contribution is 6.36. The molecule has 2 aromatic heterocycles. The third kappa shape index (κ3) is 3.13. The molecule has 2 N–H and O–H groups in total. The first-order valence-electron chi connectivity index (χ1n) is 8.15. The molecule has 26 heavy (non-hydrogen) atoms. The minimum Gasteiger partial charge on any atom is -0.392 e. The summed E-state index contributed by atoms with van der Waals surface area (Å²) in [5.74, 6) is -0.588. The van der Waals surface area contributed by atoms with Crippen LogP contribution in [0.25, 0.3) is 21.9 Å². The number of hydrogen-bond donors (Lipinski definition) is 2. The zero-order chi connectivity index (χ0) is 18.3. The van der Waals surface area contributed by atoms with Crippen LogP contribution in [0.5, 0.6) is 0 Å². The highest BCUT2D eigenvalue weighted by atomic mass is 35.5. The Hall–Kier alpha value is -2.57. The van der Waals surface area contributed by atoms with Crippen molar-refractivity contribution in [3.8, 4) is 11.1 Å². The number of benzene rings is 1. The number of alkyl halides is 1. The van der Waals surface area contributed by atoms with Gasteiger partial charge in [-0.3, -0.25) is 9.78 Å². The Kier molecular flexibility index (Phi) is 4.30. The van der Waals surface area contributed by atoms with Crippen LogP contribution >= 0.6 is 11.6 Å². The molecular formula is C19H15ClFN3O2.